The van der Waals surface area contributed by atoms with Gasteiger partial charge in [-0.2, -0.15) is 0 Å². The molecule has 0 aliphatic heterocycles. The minimum Gasteiger partial charge on any atom is -0.307 e. The number of hydrogen-bond donors (Lipinski definition) is 1. The fourth-order valence-corrected chi connectivity index (χ4v) is 2.57. The van der Waals surface area contributed by atoms with Crippen LogP contribution in [0.3, 0.4) is 0 Å². The van der Waals surface area contributed by atoms with E-state index in [1.165, 1.54) is 22.3 Å². The van der Waals surface area contributed by atoms with Gasteiger partial charge in [-0.05, 0) is 41.6 Å². The monoisotopic (exact) mass is 267 g/mol. The third-order valence-corrected chi connectivity index (χ3v) is 3.82. The average molecular weight is 267 g/mol. The summed E-state index contributed by atoms with van der Waals surface area (Å²) >= 11 is 0. The van der Waals surface area contributed by atoms with E-state index >= 15 is 0 Å². The Morgan fingerprint density at radius 3 is 2.10 bits per heavy atom. The van der Waals surface area contributed by atoms with Crippen molar-refractivity contribution in [2.75, 3.05) is 6.54 Å². The van der Waals surface area contributed by atoms with Gasteiger partial charge in [-0.3, -0.25) is 0 Å². The van der Waals surface area contributed by atoms with E-state index < -0.39 is 0 Å². The molecule has 0 bridgehead atoms. The molecule has 0 saturated heterocycles. The summed E-state index contributed by atoms with van der Waals surface area (Å²) < 4.78 is 0. The minimum absolute atomic E-state index is 0.289. The largest absolute Gasteiger partial charge is 0.307 e. The van der Waals surface area contributed by atoms with Crippen LogP contribution in [0.25, 0.3) is 0 Å². The summed E-state index contributed by atoms with van der Waals surface area (Å²) in [4.78, 5) is 0. The molecule has 0 saturated carbocycles. The maximum Gasteiger partial charge on any atom is 0.0576 e. The van der Waals surface area contributed by atoms with Gasteiger partial charge in [-0.25, -0.2) is 0 Å². The molecule has 0 spiro atoms. The quantitative estimate of drug-likeness (QED) is 0.812. The molecular weight excluding hydrogens is 242 g/mol. The van der Waals surface area contributed by atoms with Crippen LogP contribution in [0.15, 0.2) is 48.5 Å². The number of nitrogens with one attached hydrogen (secondary N) is 1. The van der Waals surface area contributed by atoms with Crippen molar-refractivity contribution in [3.05, 3.63) is 70.8 Å². The standard InChI is InChI=1S/C19H25N/c1-4-15-10-12-17(13-11-15)19(20-6-3)18-9-7-8-16(5-2)14-18/h7-14,19-20H,4-6H2,1-3H3. The lowest BCUT2D eigenvalue weighted by Gasteiger charge is -2.20. The van der Waals surface area contributed by atoms with Gasteiger partial charge in [-0.15, -0.1) is 0 Å². The Balaban J connectivity index is 2.33. The summed E-state index contributed by atoms with van der Waals surface area (Å²) in [6.45, 7) is 7.53. The molecular formula is C19H25N. The van der Waals surface area contributed by atoms with E-state index in [-0.39, 0.29) is 6.04 Å². The van der Waals surface area contributed by atoms with E-state index in [1.54, 1.807) is 0 Å². The molecule has 2 aromatic carbocycles. The molecule has 0 radical (unpaired) electrons. The van der Waals surface area contributed by atoms with Gasteiger partial charge in [0.25, 0.3) is 0 Å². The van der Waals surface area contributed by atoms with Crippen molar-refractivity contribution in [3.63, 3.8) is 0 Å². The van der Waals surface area contributed by atoms with Crippen LogP contribution in [0.1, 0.15) is 49.1 Å². The summed E-state index contributed by atoms with van der Waals surface area (Å²) in [6.07, 6.45) is 2.18. The van der Waals surface area contributed by atoms with Crippen LogP contribution in [0.4, 0.5) is 0 Å². The van der Waals surface area contributed by atoms with Gasteiger partial charge in [0.15, 0.2) is 0 Å². The molecule has 20 heavy (non-hydrogen) atoms. The predicted octanol–water partition coefficient (Wildman–Crippen LogP) is 4.51. The summed E-state index contributed by atoms with van der Waals surface area (Å²) in [5, 5.41) is 3.60. The predicted molar refractivity (Wildman–Crippen MR) is 87.2 cm³/mol. The maximum atomic E-state index is 3.60. The second kappa shape index (κ2) is 7.25. The fourth-order valence-electron chi connectivity index (χ4n) is 2.57. The highest BCUT2D eigenvalue weighted by Gasteiger charge is 2.12. The zero-order chi connectivity index (χ0) is 14.4. The Kier molecular flexibility index (Phi) is 5.37. The molecule has 0 aliphatic rings. The minimum atomic E-state index is 0.289. The van der Waals surface area contributed by atoms with E-state index in [4.69, 9.17) is 0 Å². The molecule has 0 aliphatic carbocycles. The number of rotatable bonds is 6. The van der Waals surface area contributed by atoms with Crippen molar-refractivity contribution in [3.8, 4) is 0 Å². The van der Waals surface area contributed by atoms with E-state index in [2.05, 4.69) is 74.6 Å². The summed E-state index contributed by atoms with van der Waals surface area (Å²) in [6, 6.07) is 18.2. The fraction of sp³-hybridized carbons (Fsp3) is 0.368. The summed E-state index contributed by atoms with van der Waals surface area (Å²) in [5.41, 5.74) is 5.50. The first-order valence-corrected chi connectivity index (χ1v) is 7.69. The van der Waals surface area contributed by atoms with Crippen molar-refractivity contribution in [1.82, 2.24) is 5.32 Å². The molecule has 0 aromatic heterocycles. The van der Waals surface area contributed by atoms with Crippen molar-refractivity contribution >= 4 is 0 Å². The first-order chi connectivity index (χ1) is 9.78. The lowest BCUT2D eigenvalue weighted by atomic mass is 9.95. The van der Waals surface area contributed by atoms with Gasteiger partial charge in [0.05, 0.1) is 6.04 Å². The third kappa shape index (κ3) is 3.49. The number of aryl methyl sites for hydroxylation is 2. The molecule has 2 rings (SSSR count). The van der Waals surface area contributed by atoms with Crippen molar-refractivity contribution in [2.24, 2.45) is 0 Å². The van der Waals surface area contributed by atoms with E-state index in [1.807, 2.05) is 0 Å². The van der Waals surface area contributed by atoms with Gasteiger partial charge < -0.3 is 5.32 Å². The van der Waals surface area contributed by atoms with Crippen molar-refractivity contribution < 1.29 is 0 Å². The lowest BCUT2D eigenvalue weighted by Crippen LogP contribution is -2.22. The van der Waals surface area contributed by atoms with E-state index in [0.717, 1.165) is 19.4 Å². The van der Waals surface area contributed by atoms with Gasteiger partial charge in [0.2, 0.25) is 0 Å². The SMILES string of the molecule is CCNC(c1ccc(CC)cc1)c1cccc(CC)c1. The second-order valence-corrected chi connectivity index (χ2v) is 5.18. The molecule has 0 heterocycles. The molecule has 1 heteroatoms. The second-order valence-electron chi connectivity index (χ2n) is 5.18. The van der Waals surface area contributed by atoms with Gasteiger partial charge in [-0.1, -0.05) is 69.3 Å². The third-order valence-electron chi connectivity index (χ3n) is 3.82. The summed E-state index contributed by atoms with van der Waals surface area (Å²) in [7, 11) is 0. The average Bonchev–Trinajstić information content (AvgIpc) is 2.53. The van der Waals surface area contributed by atoms with Gasteiger partial charge in [0.1, 0.15) is 0 Å². The van der Waals surface area contributed by atoms with Crippen LogP contribution < -0.4 is 5.32 Å². The topological polar surface area (TPSA) is 12.0 Å². The van der Waals surface area contributed by atoms with Gasteiger partial charge in [0, 0.05) is 0 Å². The van der Waals surface area contributed by atoms with Crippen molar-refractivity contribution in [1.29, 1.82) is 0 Å². The summed E-state index contributed by atoms with van der Waals surface area (Å²) in [5.74, 6) is 0. The molecule has 1 nitrogen and oxygen atoms in total. The Labute approximate surface area is 123 Å². The zero-order valence-corrected chi connectivity index (χ0v) is 12.8. The van der Waals surface area contributed by atoms with Crippen LogP contribution in [0.2, 0.25) is 0 Å². The highest BCUT2D eigenvalue weighted by molar-refractivity contribution is 5.35. The molecule has 0 amide bonds. The Morgan fingerprint density at radius 2 is 1.50 bits per heavy atom. The first kappa shape index (κ1) is 14.8. The van der Waals surface area contributed by atoms with Crippen LogP contribution >= 0.6 is 0 Å². The Morgan fingerprint density at radius 1 is 0.800 bits per heavy atom. The molecule has 2 aromatic rings. The Bertz CT molecular complexity index is 528. The van der Waals surface area contributed by atoms with Crippen molar-refractivity contribution in [2.45, 2.75) is 39.7 Å². The van der Waals surface area contributed by atoms with Crippen LogP contribution in [-0.2, 0) is 12.8 Å². The first-order valence-electron chi connectivity index (χ1n) is 7.69. The van der Waals surface area contributed by atoms with E-state index in [0.29, 0.717) is 0 Å². The molecule has 106 valence electrons. The molecule has 1 unspecified atom stereocenters. The van der Waals surface area contributed by atoms with Crippen LogP contribution in [0.5, 0.6) is 0 Å². The smallest absolute Gasteiger partial charge is 0.0576 e. The highest BCUT2D eigenvalue weighted by atomic mass is 14.9. The van der Waals surface area contributed by atoms with E-state index in [9.17, 15) is 0 Å². The van der Waals surface area contributed by atoms with Crippen LogP contribution in [0, 0.1) is 0 Å². The molecule has 1 N–H and O–H groups in total. The normalized spacial score (nSPS) is 12.3. The van der Waals surface area contributed by atoms with Gasteiger partial charge >= 0.3 is 0 Å². The number of hydrogen-bond acceptors (Lipinski definition) is 1. The number of benzene rings is 2. The highest BCUT2D eigenvalue weighted by Crippen LogP contribution is 2.23. The molecule has 1 atom stereocenters. The zero-order valence-electron chi connectivity index (χ0n) is 12.8. The Hall–Kier alpha value is -1.60. The molecule has 0 fully saturated rings. The van der Waals surface area contributed by atoms with Crippen LogP contribution in [-0.4, -0.2) is 6.54 Å². The lowest BCUT2D eigenvalue weighted by molar-refractivity contribution is 0.630. The maximum absolute atomic E-state index is 3.60.